The lowest BCUT2D eigenvalue weighted by atomic mass is 9.91. The van der Waals surface area contributed by atoms with Gasteiger partial charge in [0.15, 0.2) is 0 Å². The maximum absolute atomic E-state index is 6.24. The van der Waals surface area contributed by atoms with Crippen molar-refractivity contribution in [3.63, 3.8) is 0 Å². The van der Waals surface area contributed by atoms with Crippen molar-refractivity contribution in [2.24, 2.45) is 11.7 Å². The van der Waals surface area contributed by atoms with Crippen LogP contribution in [0.2, 0.25) is 0 Å². The summed E-state index contributed by atoms with van der Waals surface area (Å²) in [6.07, 6.45) is 4.68. The Kier molecular flexibility index (Phi) is 5.54. The minimum atomic E-state index is 0.204. The molecule has 0 fully saturated rings. The summed E-state index contributed by atoms with van der Waals surface area (Å²) in [6, 6.07) is 8.97. The summed E-state index contributed by atoms with van der Waals surface area (Å²) < 4.78 is 0. The van der Waals surface area contributed by atoms with Crippen molar-refractivity contribution in [2.45, 2.75) is 52.5 Å². The molecule has 1 nitrogen and oxygen atoms in total. The van der Waals surface area contributed by atoms with Crippen LogP contribution >= 0.6 is 0 Å². The van der Waals surface area contributed by atoms with E-state index in [1.807, 2.05) is 0 Å². The Hall–Kier alpha value is -0.820. The molecule has 0 aliphatic carbocycles. The minimum absolute atomic E-state index is 0.204. The molecule has 2 N–H and O–H groups in total. The molecular weight excluding hydrogens is 194 g/mol. The van der Waals surface area contributed by atoms with Gasteiger partial charge in [0.05, 0.1) is 0 Å². The predicted molar refractivity (Wildman–Crippen MR) is 71.4 cm³/mol. The van der Waals surface area contributed by atoms with E-state index in [0.29, 0.717) is 0 Å². The Bertz CT molecular complexity index is 285. The van der Waals surface area contributed by atoms with Gasteiger partial charge in [0.2, 0.25) is 0 Å². The first-order valence-corrected chi connectivity index (χ1v) is 6.55. The standard InChI is InChI=1S/C15H25N/c1-4-12(5-2)11-15(16)14-9-7-13(6-3)8-10-14/h7-10,12,15H,4-6,11,16H2,1-3H3. The smallest absolute Gasteiger partial charge is 0.0297 e. The van der Waals surface area contributed by atoms with E-state index in [1.54, 1.807) is 0 Å². The highest BCUT2D eigenvalue weighted by Crippen LogP contribution is 2.23. The Labute approximate surface area is 100 Å². The fraction of sp³-hybridized carbons (Fsp3) is 0.600. The van der Waals surface area contributed by atoms with Crippen LogP contribution in [-0.4, -0.2) is 0 Å². The minimum Gasteiger partial charge on any atom is -0.324 e. The molecule has 90 valence electrons. The molecule has 1 aromatic rings. The molecule has 0 aliphatic heterocycles. The molecule has 0 bridgehead atoms. The molecule has 0 aliphatic rings. The highest BCUT2D eigenvalue weighted by molar-refractivity contribution is 5.24. The Morgan fingerprint density at radius 3 is 2.00 bits per heavy atom. The Morgan fingerprint density at radius 1 is 1.00 bits per heavy atom. The summed E-state index contributed by atoms with van der Waals surface area (Å²) in [7, 11) is 0. The van der Waals surface area contributed by atoms with Gasteiger partial charge in [-0.25, -0.2) is 0 Å². The highest BCUT2D eigenvalue weighted by Gasteiger charge is 2.11. The molecule has 0 aromatic heterocycles. The zero-order valence-electron chi connectivity index (χ0n) is 10.9. The van der Waals surface area contributed by atoms with Gasteiger partial charge in [-0.05, 0) is 29.9 Å². The fourth-order valence-corrected chi connectivity index (χ4v) is 2.12. The highest BCUT2D eigenvalue weighted by atomic mass is 14.6. The third-order valence-electron chi connectivity index (χ3n) is 3.56. The van der Waals surface area contributed by atoms with Gasteiger partial charge >= 0.3 is 0 Å². The number of hydrogen-bond donors (Lipinski definition) is 1. The molecule has 0 saturated carbocycles. The van der Waals surface area contributed by atoms with Gasteiger partial charge in [0.25, 0.3) is 0 Å². The molecule has 1 heteroatoms. The molecule has 16 heavy (non-hydrogen) atoms. The van der Waals surface area contributed by atoms with E-state index >= 15 is 0 Å². The lowest BCUT2D eigenvalue weighted by molar-refractivity contribution is 0.414. The van der Waals surface area contributed by atoms with Crippen molar-refractivity contribution in [1.29, 1.82) is 0 Å². The SMILES string of the molecule is CCc1ccc(C(N)CC(CC)CC)cc1. The van der Waals surface area contributed by atoms with E-state index in [-0.39, 0.29) is 6.04 Å². The van der Waals surface area contributed by atoms with Crippen LogP contribution < -0.4 is 5.73 Å². The molecule has 1 unspecified atom stereocenters. The van der Waals surface area contributed by atoms with Crippen LogP contribution in [0.4, 0.5) is 0 Å². The summed E-state index contributed by atoms with van der Waals surface area (Å²) in [5.41, 5.74) is 8.91. The molecule has 1 rings (SSSR count). The first kappa shape index (κ1) is 13.2. The van der Waals surface area contributed by atoms with E-state index < -0.39 is 0 Å². The number of rotatable bonds is 6. The zero-order chi connectivity index (χ0) is 12.0. The van der Waals surface area contributed by atoms with Gasteiger partial charge in [0.1, 0.15) is 0 Å². The van der Waals surface area contributed by atoms with Crippen LogP contribution in [0.3, 0.4) is 0 Å². The zero-order valence-corrected chi connectivity index (χ0v) is 10.9. The average molecular weight is 219 g/mol. The average Bonchev–Trinajstić information content (AvgIpc) is 2.35. The third-order valence-corrected chi connectivity index (χ3v) is 3.56. The maximum atomic E-state index is 6.24. The molecule has 0 amide bonds. The van der Waals surface area contributed by atoms with Crippen LogP contribution in [0.1, 0.15) is 57.2 Å². The molecule has 0 radical (unpaired) electrons. The molecule has 0 saturated heterocycles. The van der Waals surface area contributed by atoms with Gasteiger partial charge in [-0.2, -0.15) is 0 Å². The number of benzene rings is 1. The van der Waals surface area contributed by atoms with Gasteiger partial charge in [0, 0.05) is 6.04 Å². The monoisotopic (exact) mass is 219 g/mol. The third kappa shape index (κ3) is 3.64. The lowest BCUT2D eigenvalue weighted by Crippen LogP contribution is -2.14. The summed E-state index contributed by atoms with van der Waals surface area (Å²) in [5.74, 6) is 0.765. The molecule has 1 atom stereocenters. The van der Waals surface area contributed by atoms with E-state index in [1.165, 1.54) is 24.0 Å². The van der Waals surface area contributed by atoms with Crippen molar-refractivity contribution in [3.05, 3.63) is 35.4 Å². The van der Waals surface area contributed by atoms with E-state index in [9.17, 15) is 0 Å². The van der Waals surface area contributed by atoms with Crippen LogP contribution in [0.25, 0.3) is 0 Å². The van der Waals surface area contributed by atoms with Crippen LogP contribution in [0.15, 0.2) is 24.3 Å². The van der Waals surface area contributed by atoms with E-state index in [4.69, 9.17) is 5.73 Å². The summed E-state index contributed by atoms with van der Waals surface area (Å²) >= 11 is 0. The first-order valence-electron chi connectivity index (χ1n) is 6.55. The summed E-state index contributed by atoms with van der Waals surface area (Å²) in [5, 5.41) is 0. The summed E-state index contributed by atoms with van der Waals surface area (Å²) in [6.45, 7) is 6.68. The molecule has 0 spiro atoms. The van der Waals surface area contributed by atoms with Crippen LogP contribution in [-0.2, 0) is 6.42 Å². The molecular formula is C15H25N. The van der Waals surface area contributed by atoms with Gasteiger partial charge in [-0.15, -0.1) is 0 Å². The van der Waals surface area contributed by atoms with Gasteiger partial charge in [-0.3, -0.25) is 0 Å². The van der Waals surface area contributed by atoms with Crippen molar-refractivity contribution in [3.8, 4) is 0 Å². The fourth-order valence-electron chi connectivity index (χ4n) is 2.12. The number of nitrogens with two attached hydrogens (primary N) is 1. The second-order valence-electron chi connectivity index (χ2n) is 4.62. The van der Waals surface area contributed by atoms with E-state index in [2.05, 4.69) is 45.0 Å². The topological polar surface area (TPSA) is 26.0 Å². The second kappa shape index (κ2) is 6.70. The van der Waals surface area contributed by atoms with Crippen LogP contribution in [0.5, 0.6) is 0 Å². The van der Waals surface area contributed by atoms with E-state index in [0.717, 1.165) is 18.8 Å². The van der Waals surface area contributed by atoms with Gasteiger partial charge < -0.3 is 5.73 Å². The molecule has 0 heterocycles. The van der Waals surface area contributed by atoms with Crippen LogP contribution in [0, 0.1) is 5.92 Å². The maximum Gasteiger partial charge on any atom is 0.0297 e. The second-order valence-corrected chi connectivity index (χ2v) is 4.62. The van der Waals surface area contributed by atoms with Crippen molar-refractivity contribution in [1.82, 2.24) is 0 Å². The molecule has 1 aromatic carbocycles. The first-order chi connectivity index (χ1) is 7.71. The predicted octanol–water partition coefficient (Wildman–Crippen LogP) is 4.08. The number of aryl methyl sites for hydroxylation is 1. The number of hydrogen-bond acceptors (Lipinski definition) is 1. The largest absolute Gasteiger partial charge is 0.324 e. The normalized spacial score (nSPS) is 13.1. The quantitative estimate of drug-likeness (QED) is 0.766. The van der Waals surface area contributed by atoms with Crippen molar-refractivity contribution < 1.29 is 0 Å². The van der Waals surface area contributed by atoms with Gasteiger partial charge in [-0.1, -0.05) is 57.9 Å². The Morgan fingerprint density at radius 2 is 1.56 bits per heavy atom. The lowest BCUT2D eigenvalue weighted by Gasteiger charge is -2.18. The van der Waals surface area contributed by atoms with Crippen molar-refractivity contribution >= 4 is 0 Å². The summed E-state index contributed by atoms with van der Waals surface area (Å²) in [4.78, 5) is 0. The Balaban J connectivity index is 2.61. The van der Waals surface area contributed by atoms with Crippen molar-refractivity contribution in [2.75, 3.05) is 0 Å².